The van der Waals surface area contributed by atoms with Gasteiger partial charge in [-0.15, -0.1) is 0 Å². The van der Waals surface area contributed by atoms with Crippen LogP contribution in [0.25, 0.3) is 0 Å². The van der Waals surface area contributed by atoms with Gasteiger partial charge in [0.1, 0.15) is 0 Å². The lowest BCUT2D eigenvalue weighted by Gasteiger charge is -2.15. The number of halogens is 1. The summed E-state index contributed by atoms with van der Waals surface area (Å²) in [6.07, 6.45) is 6.96. The Kier molecular flexibility index (Phi) is 4.46. The van der Waals surface area contributed by atoms with E-state index in [-0.39, 0.29) is 5.25 Å². The van der Waals surface area contributed by atoms with E-state index in [9.17, 15) is 4.21 Å². The smallest absolute Gasteiger partial charge is 0.0597 e. The van der Waals surface area contributed by atoms with E-state index < -0.39 is 10.8 Å². The van der Waals surface area contributed by atoms with Gasteiger partial charge in [-0.2, -0.15) is 0 Å². The van der Waals surface area contributed by atoms with Crippen LogP contribution < -0.4 is 5.73 Å². The maximum Gasteiger partial charge on any atom is 0.0597 e. The second kappa shape index (κ2) is 5.87. The summed E-state index contributed by atoms with van der Waals surface area (Å²) < 4.78 is 12.5. The molecule has 17 heavy (non-hydrogen) atoms. The lowest BCUT2D eigenvalue weighted by atomic mass is 10.2. The molecule has 94 valence electrons. The summed E-state index contributed by atoms with van der Waals surface area (Å²) in [4.78, 5) is 0.707. The molecule has 0 aliphatic heterocycles. The SMILES string of the molecule is Nc1ccc(Cl)c(S(=O)C2CCCCCC2)c1. The lowest BCUT2D eigenvalue weighted by molar-refractivity contribution is 0.642. The molecule has 2 rings (SSSR count). The fraction of sp³-hybridized carbons (Fsp3) is 0.538. The van der Waals surface area contributed by atoms with Crippen molar-refractivity contribution in [3.63, 3.8) is 0 Å². The third-order valence-electron chi connectivity index (χ3n) is 3.28. The van der Waals surface area contributed by atoms with Gasteiger partial charge in [-0.25, -0.2) is 0 Å². The van der Waals surface area contributed by atoms with Gasteiger partial charge in [0, 0.05) is 10.9 Å². The van der Waals surface area contributed by atoms with Gasteiger partial charge in [-0.3, -0.25) is 4.21 Å². The number of benzene rings is 1. The Bertz CT molecular complexity index is 414. The summed E-state index contributed by atoms with van der Waals surface area (Å²) in [5, 5.41) is 0.818. The van der Waals surface area contributed by atoms with E-state index in [0.717, 1.165) is 12.8 Å². The van der Waals surface area contributed by atoms with E-state index in [1.54, 1.807) is 18.2 Å². The van der Waals surface area contributed by atoms with Gasteiger partial charge >= 0.3 is 0 Å². The number of nitrogens with two attached hydrogens (primary N) is 1. The predicted octanol–water partition coefficient (Wildman–Crippen LogP) is 3.75. The Morgan fingerprint density at radius 1 is 1.18 bits per heavy atom. The van der Waals surface area contributed by atoms with Gasteiger partial charge in [0.25, 0.3) is 0 Å². The minimum atomic E-state index is -1.01. The molecule has 1 aliphatic rings. The summed E-state index contributed by atoms with van der Waals surface area (Å²) in [6.45, 7) is 0. The van der Waals surface area contributed by atoms with Crippen LogP contribution in [0, 0.1) is 0 Å². The van der Waals surface area contributed by atoms with Gasteiger partial charge in [-0.1, -0.05) is 37.3 Å². The first-order valence-corrected chi connectivity index (χ1v) is 7.73. The van der Waals surface area contributed by atoms with Crippen molar-refractivity contribution in [1.82, 2.24) is 0 Å². The van der Waals surface area contributed by atoms with Crippen LogP contribution in [0.15, 0.2) is 23.1 Å². The minimum Gasteiger partial charge on any atom is -0.399 e. The van der Waals surface area contributed by atoms with Gasteiger partial charge in [0.15, 0.2) is 0 Å². The molecule has 0 amide bonds. The van der Waals surface area contributed by atoms with Crippen LogP contribution in [0.1, 0.15) is 38.5 Å². The van der Waals surface area contributed by atoms with Crippen LogP contribution in [-0.2, 0) is 10.8 Å². The Hall–Kier alpha value is -0.540. The molecule has 0 saturated heterocycles. The molecule has 0 aromatic heterocycles. The average Bonchev–Trinajstić information content (AvgIpc) is 2.60. The average molecular weight is 272 g/mol. The first-order chi connectivity index (χ1) is 8.18. The number of nitrogen functional groups attached to an aromatic ring is 1. The zero-order valence-corrected chi connectivity index (χ0v) is 11.4. The van der Waals surface area contributed by atoms with Crippen LogP contribution >= 0.6 is 11.6 Å². The molecular weight excluding hydrogens is 254 g/mol. The first kappa shape index (κ1) is 12.9. The second-order valence-corrected chi connectivity index (χ2v) is 6.71. The summed E-state index contributed by atoms with van der Waals surface area (Å²) in [5.74, 6) is 0. The molecule has 1 fully saturated rings. The summed E-state index contributed by atoms with van der Waals surface area (Å²) in [7, 11) is -1.01. The molecule has 0 spiro atoms. The van der Waals surface area contributed by atoms with Crippen molar-refractivity contribution in [2.24, 2.45) is 0 Å². The number of anilines is 1. The van der Waals surface area contributed by atoms with Gasteiger partial charge < -0.3 is 5.73 Å². The molecule has 0 radical (unpaired) electrons. The van der Waals surface area contributed by atoms with E-state index in [2.05, 4.69) is 0 Å². The van der Waals surface area contributed by atoms with Crippen molar-refractivity contribution >= 4 is 28.1 Å². The summed E-state index contributed by atoms with van der Waals surface area (Å²) in [6, 6.07) is 5.24. The van der Waals surface area contributed by atoms with Gasteiger partial charge in [0.05, 0.1) is 20.7 Å². The molecule has 1 aliphatic carbocycles. The van der Waals surface area contributed by atoms with Crippen LogP contribution in [-0.4, -0.2) is 9.46 Å². The van der Waals surface area contributed by atoms with Crippen LogP contribution in [0.4, 0.5) is 5.69 Å². The highest BCUT2D eigenvalue weighted by Crippen LogP contribution is 2.29. The van der Waals surface area contributed by atoms with E-state index in [0.29, 0.717) is 15.6 Å². The Labute approximate surface area is 110 Å². The van der Waals surface area contributed by atoms with Crippen LogP contribution in [0.5, 0.6) is 0 Å². The molecule has 1 aromatic carbocycles. The van der Waals surface area contributed by atoms with Crippen molar-refractivity contribution in [2.75, 3.05) is 5.73 Å². The van der Waals surface area contributed by atoms with E-state index in [4.69, 9.17) is 17.3 Å². The predicted molar refractivity (Wildman–Crippen MR) is 73.8 cm³/mol. The number of hydrogen-bond donors (Lipinski definition) is 1. The molecular formula is C13H18ClNOS. The third kappa shape index (κ3) is 3.23. The number of hydrogen-bond acceptors (Lipinski definition) is 2. The molecule has 0 bridgehead atoms. The zero-order valence-electron chi connectivity index (χ0n) is 9.82. The zero-order chi connectivity index (χ0) is 12.3. The van der Waals surface area contributed by atoms with Crippen LogP contribution in [0.2, 0.25) is 5.02 Å². The highest BCUT2D eigenvalue weighted by atomic mass is 35.5. The first-order valence-electron chi connectivity index (χ1n) is 6.14. The lowest BCUT2D eigenvalue weighted by Crippen LogP contribution is -2.14. The Morgan fingerprint density at radius 2 is 1.82 bits per heavy atom. The standard InChI is InChI=1S/C13H18ClNOS/c14-12-8-7-10(15)9-13(12)17(16)11-5-3-1-2-4-6-11/h7-9,11H,1-6,15H2. The second-order valence-electron chi connectivity index (χ2n) is 4.60. The monoisotopic (exact) mass is 271 g/mol. The van der Waals surface area contributed by atoms with E-state index in [1.807, 2.05) is 0 Å². The maximum absolute atomic E-state index is 12.5. The normalized spacial score (nSPS) is 19.8. The fourth-order valence-corrected chi connectivity index (χ4v) is 4.29. The largest absolute Gasteiger partial charge is 0.399 e. The van der Waals surface area contributed by atoms with Crippen molar-refractivity contribution in [1.29, 1.82) is 0 Å². The van der Waals surface area contributed by atoms with Gasteiger partial charge in [-0.05, 0) is 31.0 Å². The van der Waals surface area contributed by atoms with Gasteiger partial charge in [0.2, 0.25) is 0 Å². The third-order valence-corrected chi connectivity index (χ3v) is 5.57. The molecule has 1 unspecified atom stereocenters. The van der Waals surface area contributed by atoms with Crippen molar-refractivity contribution < 1.29 is 4.21 Å². The topological polar surface area (TPSA) is 43.1 Å². The van der Waals surface area contributed by atoms with Crippen molar-refractivity contribution in [3.05, 3.63) is 23.2 Å². The Balaban J connectivity index is 2.20. The molecule has 1 atom stereocenters. The van der Waals surface area contributed by atoms with Crippen molar-refractivity contribution in [2.45, 2.75) is 48.7 Å². The molecule has 2 nitrogen and oxygen atoms in total. The molecule has 1 saturated carbocycles. The summed E-state index contributed by atoms with van der Waals surface area (Å²) >= 11 is 6.10. The highest BCUT2D eigenvalue weighted by Gasteiger charge is 2.21. The molecule has 4 heteroatoms. The molecule has 0 heterocycles. The van der Waals surface area contributed by atoms with Crippen LogP contribution in [0.3, 0.4) is 0 Å². The Morgan fingerprint density at radius 3 is 2.47 bits per heavy atom. The van der Waals surface area contributed by atoms with E-state index >= 15 is 0 Å². The summed E-state index contributed by atoms with van der Waals surface area (Å²) in [5.41, 5.74) is 6.36. The highest BCUT2D eigenvalue weighted by molar-refractivity contribution is 7.85. The van der Waals surface area contributed by atoms with E-state index in [1.165, 1.54) is 25.7 Å². The van der Waals surface area contributed by atoms with Crippen molar-refractivity contribution in [3.8, 4) is 0 Å². The minimum absolute atomic E-state index is 0.247. The fourth-order valence-electron chi connectivity index (χ4n) is 2.31. The quantitative estimate of drug-likeness (QED) is 0.658. The number of rotatable bonds is 2. The molecule has 2 N–H and O–H groups in total. The maximum atomic E-state index is 12.5. The molecule has 1 aromatic rings.